The number of oxazole rings is 1. The Hall–Kier alpha value is -5.75. The smallest absolute Gasteiger partial charge is 0.329 e. The molecule has 2 aliphatic heterocycles. The fraction of sp³-hybridized carbons (Fsp3) is 0.533. The van der Waals surface area contributed by atoms with Crippen molar-refractivity contribution in [3.63, 3.8) is 0 Å². The molecule has 0 bridgehead atoms. The van der Waals surface area contributed by atoms with E-state index >= 15 is 0 Å². The Labute approximate surface area is 363 Å². The first-order chi connectivity index (χ1) is 30.5. The summed E-state index contributed by atoms with van der Waals surface area (Å²) < 4.78 is 38.8. The van der Waals surface area contributed by atoms with Crippen LogP contribution in [0.4, 0.5) is 20.3 Å². The number of carbonyl (C=O) groups is 3. The fourth-order valence-corrected chi connectivity index (χ4v) is 9.77. The van der Waals surface area contributed by atoms with E-state index in [4.69, 9.17) is 4.42 Å². The number of anilines is 2. The van der Waals surface area contributed by atoms with Crippen molar-refractivity contribution in [3.8, 4) is 11.5 Å². The topological polar surface area (TPSA) is 177 Å². The summed E-state index contributed by atoms with van der Waals surface area (Å²) in [5.41, 5.74) is 2.43. The highest BCUT2D eigenvalue weighted by molar-refractivity contribution is 6.03. The number of benzene rings is 1. The molecule has 2 saturated carbocycles. The van der Waals surface area contributed by atoms with Gasteiger partial charge in [-0.1, -0.05) is 12.1 Å². The summed E-state index contributed by atoms with van der Waals surface area (Å²) in [7, 11) is 3.93. The van der Waals surface area contributed by atoms with Gasteiger partial charge in [-0.15, -0.1) is 0 Å². The van der Waals surface area contributed by atoms with E-state index in [1.165, 1.54) is 29.9 Å². The Bertz CT molecular complexity index is 2530. The van der Waals surface area contributed by atoms with Gasteiger partial charge in [0.1, 0.15) is 18.1 Å². The van der Waals surface area contributed by atoms with E-state index in [0.29, 0.717) is 47.6 Å². The van der Waals surface area contributed by atoms with Gasteiger partial charge >= 0.3 is 5.69 Å². The maximum atomic E-state index is 14.2. The van der Waals surface area contributed by atoms with E-state index in [1.807, 2.05) is 12.1 Å². The van der Waals surface area contributed by atoms with E-state index in [1.54, 1.807) is 34.6 Å². The lowest BCUT2D eigenvalue weighted by atomic mass is 9.85. The van der Waals surface area contributed by atoms with Crippen LogP contribution in [0.15, 0.2) is 58.2 Å². The molecule has 1 unspecified atom stereocenters. The van der Waals surface area contributed by atoms with E-state index < -0.39 is 30.0 Å². The highest BCUT2D eigenvalue weighted by atomic mass is 19.3. The minimum absolute atomic E-state index is 0.0270. The monoisotopic (exact) mass is 867 g/mol. The van der Waals surface area contributed by atoms with Crippen LogP contribution >= 0.6 is 0 Å². The van der Waals surface area contributed by atoms with Gasteiger partial charge in [-0.2, -0.15) is 5.10 Å². The van der Waals surface area contributed by atoms with Crippen molar-refractivity contribution in [3.05, 3.63) is 76.4 Å². The summed E-state index contributed by atoms with van der Waals surface area (Å²) in [6, 6.07) is 8.65. The lowest BCUT2D eigenvalue weighted by molar-refractivity contribution is -0.135. The van der Waals surface area contributed by atoms with Gasteiger partial charge in [-0.05, 0) is 119 Å². The number of nitrogens with one attached hydrogen (secondary N) is 3. The van der Waals surface area contributed by atoms with E-state index in [-0.39, 0.29) is 41.3 Å². The molecule has 2 saturated heterocycles. The van der Waals surface area contributed by atoms with Crippen molar-refractivity contribution in [2.24, 2.45) is 24.8 Å². The number of likely N-dealkylation sites (tertiary alicyclic amines) is 1. The highest BCUT2D eigenvalue weighted by Crippen LogP contribution is 2.36. The Kier molecular flexibility index (Phi) is 12.3. The van der Waals surface area contributed by atoms with Crippen LogP contribution in [0.25, 0.3) is 22.5 Å². The van der Waals surface area contributed by atoms with E-state index in [0.717, 1.165) is 82.3 Å². The van der Waals surface area contributed by atoms with Crippen molar-refractivity contribution >= 4 is 40.3 Å². The zero-order chi connectivity index (χ0) is 43.8. The van der Waals surface area contributed by atoms with Crippen molar-refractivity contribution in [2.45, 2.75) is 89.3 Å². The number of hydrogen-bond acceptors (Lipinski definition) is 11. The third kappa shape index (κ3) is 9.47. The van der Waals surface area contributed by atoms with Gasteiger partial charge in [0.05, 0.1) is 22.8 Å². The van der Waals surface area contributed by atoms with Crippen LogP contribution in [-0.4, -0.2) is 96.2 Å². The summed E-state index contributed by atoms with van der Waals surface area (Å²) in [4.78, 5) is 64.6. The highest BCUT2D eigenvalue weighted by Gasteiger charge is 2.33. The molecule has 16 nitrogen and oxygen atoms in total. The van der Waals surface area contributed by atoms with Crippen LogP contribution in [0.3, 0.4) is 0 Å². The van der Waals surface area contributed by atoms with Crippen LogP contribution in [0.2, 0.25) is 0 Å². The molecule has 6 heterocycles. The molecule has 0 radical (unpaired) electrons. The summed E-state index contributed by atoms with van der Waals surface area (Å²) in [6.45, 7) is 5.40. The Morgan fingerprint density at radius 3 is 2.46 bits per heavy atom. The van der Waals surface area contributed by atoms with E-state index in [2.05, 4.69) is 53.9 Å². The van der Waals surface area contributed by atoms with Crippen LogP contribution in [0.5, 0.6) is 0 Å². The van der Waals surface area contributed by atoms with Gasteiger partial charge in [-0.3, -0.25) is 38.4 Å². The minimum Gasteiger partial charge on any atom is -0.444 e. The maximum Gasteiger partial charge on any atom is 0.329 e. The van der Waals surface area contributed by atoms with E-state index in [9.17, 15) is 28.0 Å². The average molecular weight is 868 g/mol. The number of para-hydroxylation sites is 1. The molecular formula is C45H55F2N11O5. The first-order valence-corrected chi connectivity index (χ1v) is 22.2. The third-order valence-corrected chi connectivity index (χ3v) is 13.4. The molecule has 334 valence electrons. The lowest BCUT2D eigenvalue weighted by Crippen LogP contribution is -2.44. The largest absolute Gasteiger partial charge is 0.444 e. The first kappa shape index (κ1) is 42.5. The summed E-state index contributed by atoms with van der Waals surface area (Å²) >= 11 is 0. The predicted molar refractivity (Wildman–Crippen MR) is 231 cm³/mol. The number of imide groups is 1. The number of fused-ring (bicyclic) bond motifs is 1. The molecule has 2 aliphatic carbocycles. The van der Waals surface area contributed by atoms with Crippen LogP contribution in [0, 0.1) is 17.8 Å². The van der Waals surface area contributed by atoms with Crippen molar-refractivity contribution in [1.29, 1.82) is 0 Å². The van der Waals surface area contributed by atoms with Crippen LogP contribution < -0.4 is 21.6 Å². The first-order valence-electron chi connectivity index (χ1n) is 22.2. The van der Waals surface area contributed by atoms with Crippen LogP contribution in [0.1, 0.15) is 104 Å². The zero-order valence-corrected chi connectivity index (χ0v) is 35.8. The van der Waals surface area contributed by atoms with Crippen molar-refractivity contribution < 1.29 is 27.6 Å². The minimum atomic E-state index is -2.87. The lowest BCUT2D eigenvalue weighted by Gasteiger charge is -2.36. The van der Waals surface area contributed by atoms with Gasteiger partial charge in [-0.25, -0.2) is 23.5 Å². The summed E-state index contributed by atoms with van der Waals surface area (Å²) in [6.07, 6.45) is 10.1. The number of carbonyl (C=O) groups excluding carboxylic acids is 3. The molecule has 1 atom stereocenters. The molecule has 9 rings (SSSR count). The van der Waals surface area contributed by atoms with Crippen molar-refractivity contribution in [1.82, 2.24) is 44.0 Å². The maximum absolute atomic E-state index is 14.2. The number of imidazole rings is 1. The number of aryl methyl sites for hydroxylation is 1. The standard InChI is InChI=1S/C45H55F2N11O5/c1-54(23-29-15-18-56(19-16-29)24-31-4-3-5-35-40(31)55(2)45(62)58(35)36-12-13-38(59)52-43(36)61)22-28-8-10-32(11-9-28)57-25-33(39(53-57)41(46)47)50-42(60)34-26-63-44(51-34)30-14-17-48-37(20-30)49-21-27-6-7-27/h3-5,14,17,20,25-29,32,36,41H,6-13,15-16,18-19,21-24H2,1-2H3,(H,48,49)(H,50,60)(H,52,59,61)/t28-,32-,36?. The molecule has 3 N–H and O–H groups in total. The number of rotatable bonds is 15. The molecule has 4 aliphatic rings. The second-order valence-corrected chi connectivity index (χ2v) is 18.0. The number of piperidine rings is 2. The van der Waals surface area contributed by atoms with Gasteiger partial charge in [0.2, 0.25) is 17.7 Å². The summed E-state index contributed by atoms with van der Waals surface area (Å²) in [5.74, 6) is 1.24. The molecule has 5 aromatic rings. The molecule has 63 heavy (non-hydrogen) atoms. The second kappa shape index (κ2) is 18.2. The number of amides is 3. The Morgan fingerprint density at radius 2 is 1.73 bits per heavy atom. The third-order valence-electron chi connectivity index (χ3n) is 13.4. The quantitative estimate of drug-likeness (QED) is 0.103. The van der Waals surface area contributed by atoms with Gasteiger partial charge in [0, 0.05) is 57.6 Å². The molecule has 4 aromatic heterocycles. The van der Waals surface area contributed by atoms with Gasteiger partial charge in [0.15, 0.2) is 11.4 Å². The molecule has 18 heteroatoms. The SMILES string of the molecule is CN(CC1CCN(Cc2cccc3c2n(C)c(=O)n3C2CCC(=O)NC2=O)CC1)C[C@H]1CC[C@H](n2cc(NC(=O)c3coc(-c4ccnc(NCC5CC5)c4)n3)c(C(F)F)n2)CC1. The number of hydrogen-bond donors (Lipinski definition) is 3. The zero-order valence-electron chi connectivity index (χ0n) is 35.8. The number of nitrogens with zero attached hydrogens (tertiary/aromatic N) is 8. The number of alkyl halides is 2. The predicted octanol–water partition coefficient (Wildman–Crippen LogP) is 6.15. The molecular weight excluding hydrogens is 813 g/mol. The number of halogens is 2. The van der Waals surface area contributed by atoms with Crippen LogP contribution in [-0.2, 0) is 23.2 Å². The summed E-state index contributed by atoms with van der Waals surface area (Å²) in [5, 5.41) is 12.6. The molecule has 4 fully saturated rings. The molecule has 3 amide bonds. The van der Waals surface area contributed by atoms with Crippen molar-refractivity contribution in [2.75, 3.05) is 50.4 Å². The van der Waals surface area contributed by atoms with Gasteiger partial charge < -0.3 is 20.0 Å². The fourth-order valence-electron chi connectivity index (χ4n) is 9.77. The van der Waals surface area contributed by atoms with Gasteiger partial charge in [0.25, 0.3) is 12.3 Å². The number of pyridine rings is 1. The average Bonchev–Trinajstić information content (AvgIpc) is 3.67. The Morgan fingerprint density at radius 1 is 0.984 bits per heavy atom. The normalized spacial score (nSPS) is 21.4. The molecule has 1 aromatic carbocycles. The Balaban J connectivity index is 0.740. The molecule has 0 spiro atoms. The number of aromatic nitrogens is 6. The second-order valence-electron chi connectivity index (χ2n) is 18.0.